The molecule has 0 N–H and O–H groups in total. The molecule has 3 aromatic carbocycles. The summed E-state index contributed by atoms with van der Waals surface area (Å²) in [5.41, 5.74) is 19.9. The second-order valence-corrected chi connectivity index (χ2v) is 9.56. The van der Waals surface area contributed by atoms with E-state index in [1.165, 1.54) is 78.0 Å². The molecule has 1 heteroatoms. The predicted molar refractivity (Wildman–Crippen MR) is 128 cm³/mol. The zero-order valence-corrected chi connectivity index (χ0v) is 19.1. The Kier molecular flexibility index (Phi) is 3.84. The van der Waals surface area contributed by atoms with E-state index >= 15 is 0 Å². The molecule has 0 fully saturated rings. The van der Waals surface area contributed by atoms with Crippen molar-refractivity contribution in [3.05, 3.63) is 99.2 Å². The highest BCUT2D eigenvalue weighted by Crippen LogP contribution is 2.49. The van der Waals surface area contributed by atoms with Gasteiger partial charge in [0.15, 0.2) is 6.20 Å². The molecule has 0 unspecified atom stereocenters. The number of rotatable bonds is 1. The van der Waals surface area contributed by atoms with Crippen LogP contribution in [0.25, 0.3) is 33.5 Å². The molecule has 0 atom stereocenters. The van der Waals surface area contributed by atoms with Crippen molar-refractivity contribution in [1.82, 2.24) is 0 Å². The van der Waals surface area contributed by atoms with Gasteiger partial charge < -0.3 is 0 Å². The van der Waals surface area contributed by atoms with Crippen molar-refractivity contribution in [2.45, 2.75) is 40.5 Å². The van der Waals surface area contributed by atoms with Crippen LogP contribution >= 0.6 is 0 Å². The van der Waals surface area contributed by atoms with Gasteiger partial charge in [0.1, 0.15) is 7.05 Å². The van der Waals surface area contributed by atoms with E-state index in [1.54, 1.807) is 0 Å². The van der Waals surface area contributed by atoms with Crippen LogP contribution < -0.4 is 4.57 Å². The Morgan fingerprint density at radius 1 is 0.645 bits per heavy atom. The normalized spacial score (nSPS) is 13.1. The molecule has 1 heterocycles. The van der Waals surface area contributed by atoms with Gasteiger partial charge in [0.2, 0.25) is 5.69 Å². The van der Waals surface area contributed by atoms with Crippen molar-refractivity contribution in [2.24, 2.45) is 7.05 Å². The molecule has 31 heavy (non-hydrogen) atoms. The number of benzene rings is 3. The topological polar surface area (TPSA) is 3.88 Å². The van der Waals surface area contributed by atoms with E-state index in [0.717, 1.165) is 12.8 Å². The van der Waals surface area contributed by atoms with E-state index in [1.807, 2.05) is 0 Å². The fraction of sp³-hybridized carbons (Fsp3) is 0.233. The first-order valence-corrected chi connectivity index (χ1v) is 11.3. The molecule has 0 saturated carbocycles. The van der Waals surface area contributed by atoms with Gasteiger partial charge in [-0.1, -0.05) is 47.5 Å². The third kappa shape index (κ3) is 2.59. The molecule has 152 valence electrons. The second kappa shape index (κ2) is 6.40. The molecule has 1 aromatic heterocycles. The van der Waals surface area contributed by atoms with Gasteiger partial charge in [0.25, 0.3) is 0 Å². The van der Waals surface area contributed by atoms with E-state index in [-0.39, 0.29) is 0 Å². The van der Waals surface area contributed by atoms with Crippen LogP contribution in [-0.4, -0.2) is 0 Å². The van der Waals surface area contributed by atoms with Crippen molar-refractivity contribution < 1.29 is 4.57 Å². The zero-order chi connectivity index (χ0) is 21.4. The minimum absolute atomic E-state index is 1.01. The van der Waals surface area contributed by atoms with Crippen molar-refractivity contribution in [3.8, 4) is 33.5 Å². The maximum Gasteiger partial charge on any atom is 0.216 e. The van der Waals surface area contributed by atoms with Crippen molar-refractivity contribution in [1.29, 1.82) is 0 Å². The van der Waals surface area contributed by atoms with E-state index in [2.05, 4.69) is 94.0 Å². The van der Waals surface area contributed by atoms with Crippen LogP contribution in [0.5, 0.6) is 0 Å². The summed E-state index contributed by atoms with van der Waals surface area (Å²) in [5, 5.41) is 0. The van der Waals surface area contributed by atoms with Crippen LogP contribution in [0.4, 0.5) is 0 Å². The minimum Gasteiger partial charge on any atom is -0.201 e. The molecule has 2 aliphatic carbocycles. The Labute approximate surface area is 185 Å². The number of hydrogen-bond donors (Lipinski definition) is 0. The predicted octanol–water partition coefficient (Wildman–Crippen LogP) is 6.55. The standard InChI is InChI=1S/C30H28N/c1-17-6-8-23-22(13-17)15-21-7-9-24-25-10-11-31(5)30(28(25)16-27(24)29(21)23)26-14-18(2)12-19(3)20(26)4/h6-14H,15-16H2,1-5H3/q+1. The molecule has 2 aliphatic rings. The number of fused-ring (bicyclic) bond motifs is 7. The fourth-order valence-electron chi connectivity index (χ4n) is 5.88. The SMILES string of the molecule is Cc1ccc2c(c1)Cc1ccc3c(c1-2)Cc1c-3cc[n+](C)c1-c1cc(C)cc(C)c1C. The Morgan fingerprint density at radius 2 is 1.42 bits per heavy atom. The average molecular weight is 403 g/mol. The van der Waals surface area contributed by atoms with E-state index in [4.69, 9.17) is 0 Å². The third-order valence-electron chi connectivity index (χ3n) is 7.45. The van der Waals surface area contributed by atoms with Crippen LogP contribution in [0.1, 0.15) is 44.5 Å². The summed E-state index contributed by atoms with van der Waals surface area (Å²) in [6.07, 6.45) is 4.31. The van der Waals surface area contributed by atoms with E-state index in [0.29, 0.717) is 0 Å². The molecule has 6 rings (SSSR count). The quantitative estimate of drug-likeness (QED) is 0.274. The molecule has 0 spiro atoms. The van der Waals surface area contributed by atoms with E-state index in [9.17, 15) is 0 Å². The first-order chi connectivity index (χ1) is 14.9. The molecule has 0 saturated heterocycles. The molecule has 0 bridgehead atoms. The van der Waals surface area contributed by atoms with Gasteiger partial charge in [-0.3, -0.25) is 0 Å². The molecule has 4 aromatic rings. The highest BCUT2D eigenvalue weighted by atomic mass is 14.9. The Bertz CT molecular complexity index is 1420. The monoisotopic (exact) mass is 402 g/mol. The average Bonchev–Trinajstić information content (AvgIpc) is 3.28. The van der Waals surface area contributed by atoms with E-state index < -0.39 is 0 Å². The van der Waals surface area contributed by atoms with Gasteiger partial charge in [0, 0.05) is 23.6 Å². The van der Waals surface area contributed by atoms with Gasteiger partial charge >= 0.3 is 0 Å². The Morgan fingerprint density at radius 3 is 2.26 bits per heavy atom. The van der Waals surface area contributed by atoms with Gasteiger partial charge in [-0.2, -0.15) is 0 Å². The Hall–Kier alpha value is -3.19. The smallest absolute Gasteiger partial charge is 0.201 e. The summed E-state index contributed by atoms with van der Waals surface area (Å²) >= 11 is 0. The van der Waals surface area contributed by atoms with Crippen molar-refractivity contribution in [2.75, 3.05) is 0 Å². The van der Waals surface area contributed by atoms with Crippen molar-refractivity contribution in [3.63, 3.8) is 0 Å². The maximum absolute atomic E-state index is 2.37. The molecule has 0 amide bonds. The number of aryl methyl sites for hydroxylation is 4. The van der Waals surface area contributed by atoms with Gasteiger partial charge in [-0.25, -0.2) is 4.57 Å². The lowest BCUT2D eigenvalue weighted by Gasteiger charge is -2.12. The largest absolute Gasteiger partial charge is 0.216 e. The lowest BCUT2D eigenvalue weighted by Crippen LogP contribution is -2.32. The highest BCUT2D eigenvalue weighted by molar-refractivity contribution is 5.91. The number of hydrogen-bond acceptors (Lipinski definition) is 0. The van der Waals surface area contributed by atoms with Crippen LogP contribution in [0.3, 0.4) is 0 Å². The second-order valence-electron chi connectivity index (χ2n) is 9.56. The first-order valence-electron chi connectivity index (χ1n) is 11.3. The molecular formula is C30H28N+. The summed E-state index contributed by atoms with van der Waals surface area (Å²) in [7, 11) is 2.19. The molecule has 1 nitrogen and oxygen atoms in total. The van der Waals surface area contributed by atoms with Gasteiger partial charge in [-0.15, -0.1) is 0 Å². The zero-order valence-electron chi connectivity index (χ0n) is 19.1. The lowest BCUT2D eigenvalue weighted by molar-refractivity contribution is -0.660. The summed E-state index contributed by atoms with van der Waals surface area (Å²) in [6.45, 7) is 8.90. The van der Waals surface area contributed by atoms with Crippen LogP contribution in [-0.2, 0) is 19.9 Å². The third-order valence-corrected chi connectivity index (χ3v) is 7.45. The number of pyridine rings is 1. The molecule has 0 aliphatic heterocycles. The minimum atomic E-state index is 1.01. The number of aromatic nitrogens is 1. The lowest BCUT2D eigenvalue weighted by atomic mass is 9.93. The summed E-state index contributed by atoms with van der Waals surface area (Å²) in [4.78, 5) is 0. The fourth-order valence-corrected chi connectivity index (χ4v) is 5.88. The summed E-state index contributed by atoms with van der Waals surface area (Å²) in [5.74, 6) is 0. The van der Waals surface area contributed by atoms with Crippen LogP contribution in [0.2, 0.25) is 0 Å². The summed E-state index contributed by atoms with van der Waals surface area (Å²) in [6, 6.07) is 18.7. The Balaban J connectivity index is 1.59. The maximum atomic E-state index is 2.37. The van der Waals surface area contributed by atoms with Crippen LogP contribution in [0, 0.1) is 27.7 Å². The van der Waals surface area contributed by atoms with Crippen LogP contribution in [0.15, 0.2) is 54.7 Å². The summed E-state index contributed by atoms with van der Waals surface area (Å²) < 4.78 is 2.32. The molecular weight excluding hydrogens is 374 g/mol. The first kappa shape index (κ1) is 18.6. The van der Waals surface area contributed by atoms with Gasteiger partial charge in [0.05, 0.1) is 0 Å². The van der Waals surface area contributed by atoms with Gasteiger partial charge in [-0.05, 0) is 90.3 Å². The molecule has 0 radical (unpaired) electrons. The van der Waals surface area contributed by atoms with Crippen molar-refractivity contribution >= 4 is 0 Å². The highest BCUT2D eigenvalue weighted by Gasteiger charge is 2.33. The number of nitrogens with zero attached hydrogens (tertiary/aromatic N) is 1.